The van der Waals surface area contributed by atoms with Crippen LogP contribution in [0.4, 0.5) is 5.13 Å². The molecule has 4 nitrogen and oxygen atoms in total. The zero-order valence-corrected chi connectivity index (χ0v) is 12.2. The first-order chi connectivity index (χ1) is 8.60. The number of carboxylic acids is 1. The minimum Gasteiger partial charge on any atom is -0.477 e. The van der Waals surface area contributed by atoms with E-state index in [1.165, 1.54) is 24.2 Å². The van der Waals surface area contributed by atoms with Crippen LogP contribution >= 0.6 is 23.1 Å². The van der Waals surface area contributed by atoms with Crippen molar-refractivity contribution in [2.24, 2.45) is 0 Å². The summed E-state index contributed by atoms with van der Waals surface area (Å²) in [6, 6.07) is 0.445. The van der Waals surface area contributed by atoms with Gasteiger partial charge in [0.25, 0.3) is 0 Å². The van der Waals surface area contributed by atoms with Crippen LogP contribution in [-0.2, 0) is 0 Å². The molecule has 2 rings (SSSR count). The molecule has 1 saturated carbocycles. The normalized spacial score (nSPS) is 23.9. The molecule has 2 N–H and O–H groups in total. The molecule has 0 radical (unpaired) electrons. The van der Waals surface area contributed by atoms with E-state index in [1.54, 1.807) is 6.92 Å². The number of aromatic carboxylic acids is 1. The summed E-state index contributed by atoms with van der Waals surface area (Å²) < 4.78 is 0. The van der Waals surface area contributed by atoms with Crippen LogP contribution in [0.2, 0.25) is 0 Å². The molecule has 100 valence electrons. The monoisotopic (exact) mass is 286 g/mol. The first-order valence-electron chi connectivity index (χ1n) is 6.10. The molecular weight excluding hydrogens is 268 g/mol. The van der Waals surface area contributed by atoms with Gasteiger partial charge in [0.2, 0.25) is 0 Å². The van der Waals surface area contributed by atoms with E-state index in [1.807, 2.05) is 11.8 Å². The Morgan fingerprint density at radius 3 is 2.61 bits per heavy atom. The molecule has 1 fully saturated rings. The molecule has 0 saturated heterocycles. The first kappa shape index (κ1) is 13.7. The van der Waals surface area contributed by atoms with Crippen molar-refractivity contribution in [2.75, 3.05) is 11.6 Å². The van der Waals surface area contributed by atoms with Crippen molar-refractivity contribution in [3.05, 3.63) is 10.6 Å². The van der Waals surface area contributed by atoms with Gasteiger partial charge in [-0.15, -0.1) is 0 Å². The van der Waals surface area contributed by atoms with E-state index in [0.29, 0.717) is 16.6 Å². The first-order valence-corrected chi connectivity index (χ1v) is 8.20. The zero-order valence-electron chi connectivity index (χ0n) is 10.6. The van der Waals surface area contributed by atoms with Crippen molar-refractivity contribution < 1.29 is 9.90 Å². The van der Waals surface area contributed by atoms with Crippen molar-refractivity contribution in [3.63, 3.8) is 0 Å². The highest BCUT2D eigenvalue weighted by Crippen LogP contribution is 2.30. The second-order valence-electron chi connectivity index (χ2n) is 4.59. The van der Waals surface area contributed by atoms with Gasteiger partial charge >= 0.3 is 5.97 Å². The molecular formula is C12H18N2O2S2. The van der Waals surface area contributed by atoms with Gasteiger partial charge < -0.3 is 10.4 Å². The summed E-state index contributed by atoms with van der Waals surface area (Å²) in [6.45, 7) is 1.75. The van der Waals surface area contributed by atoms with Crippen molar-refractivity contribution in [3.8, 4) is 0 Å². The van der Waals surface area contributed by atoms with Crippen LogP contribution in [0.3, 0.4) is 0 Å². The minimum absolute atomic E-state index is 0.343. The van der Waals surface area contributed by atoms with E-state index in [2.05, 4.69) is 16.6 Å². The number of carbonyl (C=O) groups is 1. The van der Waals surface area contributed by atoms with Gasteiger partial charge in [-0.2, -0.15) is 11.8 Å². The predicted octanol–water partition coefficient (Wildman–Crippen LogP) is 3.24. The molecule has 18 heavy (non-hydrogen) atoms. The van der Waals surface area contributed by atoms with Gasteiger partial charge in [0.05, 0.1) is 5.69 Å². The molecule has 0 amide bonds. The highest BCUT2D eigenvalue weighted by molar-refractivity contribution is 7.99. The molecule has 0 aromatic carbocycles. The molecule has 0 bridgehead atoms. The Bertz CT molecular complexity index is 426. The van der Waals surface area contributed by atoms with Crippen LogP contribution in [0, 0.1) is 6.92 Å². The van der Waals surface area contributed by atoms with Crippen LogP contribution in [0.1, 0.15) is 41.0 Å². The van der Waals surface area contributed by atoms with Crippen molar-refractivity contribution in [1.82, 2.24) is 4.98 Å². The maximum atomic E-state index is 10.9. The summed E-state index contributed by atoms with van der Waals surface area (Å²) in [4.78, 5) is 15.6. The summed E-state index contributed by atoms with van der Waals surface area (Å²) in [6.07, 6.45) is 6.92. The lowest BCUT2D eigenvalue weighted by atomic mass is 9.95. The maximum absolute atomic E-state index is 10.9. The lowest BCUT2D eigenvalue weighted by molar-refractivity contribution is 0.0701. The van der Waals surface area contributed by atoms with Gasteiger partial charge in [0, 0.05) is 11.3 Å². The van der Waals surface area contributed by atoms with Crippen molar-refractivity contribution in [2.45, 2.75) is 43.9 Å². The number of carboxylic acid groups (broad SMARTS) is 1. The minimum atomic E-state index is -0.885. The number of thioether (sulfide) groups is 1. The molecule has 0 atom stereocenters. The predicted molar refractivity (Wildman–Crippen MR) is 77.0 cm³/mol. The fraction of sp³-hybridized carbons (Fsp3) is 0.667. The molecule has 1 heterocycles. The highest BCUT2D eigenvalue weighted by atomic mass is 32.2. The van der Waals surface area contributed by atoms with Gasteiger partial charge in [-0.25, -0.2) is 9.78 Å². The highest BCUT2D eigenvalue weighted by Gasteiger charge is 2.22. The zero-order chi connectivity index (χ0) is 13.1. The summed E-state index contributed by atoms with van der Waals surface area (Å²) in [5.41, 5.74) is 0.604. The van der Waals surface area contributed by atoms with E-state index in [9.17, 15) is 4.79 Å². The standard InChI is InChI=1S/C12H18N2O2S2/c1-7-10(11(15)16)18-12(13-7)14-8-3-5-9(17-2)6-4-8/h8-9H,3-6H2,1-2H3,(H,13,14)(H,15,16). The molecule has 0 spiro atoms. The number of nitrogens with zero attached hydrogens (tertiary/aromatic N) is 1. The summed E-state index contributed by atoms with van der Waals surface area (Å²) in [5.74, 6) is -0.885. The number of nitrogens with one attached hydrogen (secondary N) is 1. The lowest BCUT2D eigenvalue weighted by Crippen LogP contribution is -2.26. The van der Waals surface area contributed by atoms with Crippen molar-refractivity contribution >= 4 is 34.2 Å². The molecule has 1 aromatic rings. The number of hydrogen-bond donors (Lipinski definition) is 2. The fourth-order valence-electron chi connectivity index (χ4n) is 2.27. The van der Waals surface area contributed by atoms with E-state index >= 15 is 0 Å². The number of aryl methyl sites for hydroxylation is 1. The number of rotatable bonds is 4. The van der Waals surface area contributed by atoms with E-state index in [0.717, 1.165) is 23.2 Å². The molecule has 0 aliphatic heterocycles. The van der Waals surface area contributed by atoms with Gasteiger partial charge in [0.1, 0.15) is 4.88 Å². The molecule has 1 aromatic heterocycles. The second kappa shape index (κ2) is 5.93. The number of hydrogen-bond acceptors (Lipinski definition) is 5. The summed E-state index contributed by atoms with van der Waals surface area (Å²) in [5, 5.41) is 13.9. The van der Waals surface area contributed by atoms with Crippen LogP contribution in [0.25, 0.3) is 0 Å². The average molecular weight is 286 g/mol. The Kier molecular flexibility index (Phi) is 4.50. The Morgan fingerprint density at radius 1 is 1.44 bits per heavy atom. The van der Waals surface area contributed by atoms with E-state index in [4.69, 9.17) is 5.11 Å². The smallest absolute Gasteiger partial charge is 0.347 e. The Labute approximate surface area is 115 Å². The van der Waals surface area contributed by atoms with Gasteiger partial charge in [0.15, 0.2) is 5.13 Å². The third kappa shape index (κ3) is 3.17. The van der Waals surface area contributed by atoms with Gasteiger partial charge in [-0.1, -0.05) is 11.3 Å². The average Bonchev–Trinajstić information content (AvgIpc) is 2.71. The van der Waals surface area contributed by atoms with Crippen LogP contribution in [-0.4, -0.2) is 33.6 Å². The Morgan fingerprint density at radius 2 is 2.11 bits per heavy atom. The van der Waals surface area contributed by atoms with E-state index < -0.39 is 5.97 Å². The molecule has 0 unspecified atom stereocenters. The van der Waals surface area contributed by atoms with E-state index in [-0.39, 0.29) is 0 Å². The number of aromatic nitrogens is 1. The largest absolute Gasteiger partial charge is 0.477 e. The quantitative estimate of drug-likeness (QED) is 0.889. The fourth-order valence-corrected chi connectivity index (χ4v) is 3.90. The SMILES string of the molecule is CSC1CCC(Nc2nc(C)c(C(=O)O)s2)CC1. The van der Waals surface area contributed by atoms with Gasteiger partial charge in [-0.05, 0) is 38.9 Å². The second-order valence-corrected chi connectivity index (χ2v) is 6.73. The third-order valence-corrected chi connectivity index (χ3v) is 5.54. The van der Waals surface area contributed by atoms with Crippen LogP contribution in [0.5, 0.6) is 0 Å². The maximum Gasteiger partial charge on any atom is 0.347 e. The van der Waals surface area contributed by atoms with Crippen LogP contribution < -0.4 is 5.32 Å². The third-order valence-electron chi connectivity index (χ3n) is 3.33. The summed E-state index contributed by atoms with van der Waals surface area (Å²) >= 11 is 3.19. The number of anilines is 1. The molecule has 1 aliphatic carbocycles. The molecule has 1 aliphatic rings. The Balaban J connectivity index is 1.94. The van der Waals surface area contributed by atoms with Gasteiger partial charge in [-0.3, -0.25) is 0 Å². The number of thiazole rings is 1. The lowest BCUT2D eigenvalue weighted by Gasteiger charge is -2.27. The Hall–Kier alpha value is -0.750. The molecule has 6 heteroatoms. The van der Waals surface area contributed by atoms with Crippen LogP contribution in [0.15, 0.2) is 0 Å². The summed E-state index contributed by atoms with van der Waals surface area (Å²) in [7, 11) is 0. The topological polar surface area (TPSA) is 62.2 Å². The van der Waals surface area contributed by atoms with Crippen molar-refractivity contribution in [1.29, 1.82) is 0 Å².